The number of ether oxygens (including phenoxy) is 1. The van der Waals surface area contributed by atoms with E-state index in [1.807, 2.05) is 0 Å². The van der Waals surface area contributed by atoms with Crippen molar-refractivity contribution in [1.82, 2.24) is 0 Å². The van der Waals surface area contributed by atoms with E-state index in [4.69, 9.17) is 5.73 Å². The molecule has 1 aliphatic rings. The highest BCUT2D eigenvalue weighted by Crippen LogP contribution is 2.47. The molecule has 0 saturated heterocycles. The van der Waals surface area contributed by atoms with E-state index in [2.05, 4.69) is 4.74 Å². The zero-order chi connectivity index (χ0) is 15.5. The summed E-state index contributed by atoms with van der Waals surface area (Å²) in [5.74, 6) is -0.351. The van der Waals surface area contributed by atoms with Gasteiger partial charge in [-0.3, -0.25) is 0 Å². The lowest BCUT2D eigenvalue weighted by Crippen LogP contribution is -2.39. The molecule has 1 fully saturated rings. The zero-order valence-electron chi connectivity index (χ0n) is 11.7. The third kappa shape index (κ3) is 3.68. The van der Waals surface area contributed by atoms with Gasteiger partial charge in [-0.15, -0.1) is 13.2 Å². The van der Waals surface area contributed by atoms with Crippen molar-refractivity contribution >= 4 is 0 Å². The van der Waals surface area contributed by atoms with Crippen LogP contribution in [-0.4, -0.2) is 18.0 Å². The number of halogens is 3. The van der Waals surface area contributed by atoms with Gasteiger partial charge in [0.15, 0.2) is 0 Å². The Morgan fingerprint density at radius 2 is 1.81 bits per heavy atom. The van der Waals surface area contributed by atoms with Gasteiger partial charge in [0.2, 0.25) is 0 Å². The summed E-state index contributed by atoms with van der Waals surface area (Å²) in [5.41, 5.74) is 5.42. The van der Waals surface area contributed by atoms with Crippen LogP contribution >= 0.6 is 0 Å². The van der Waals surface area contributed by atoms with E-state index in [0.29, 0.717) is 12.8 Å². The van der Waals surface area contributed by atoms with Crippen LogP contribution in [0.1, 0.15) is 43.8 Å². The lowest BCUT2D eigenvalue weighted by molar-refractivity contribution is -0.275. The second kappa shape index (κ2) is 6.23. The molecular formula is C15H20F3NO2. The van der Waals surface area contributed by atoms with E-state index in [1.54, 1.807) is 6.07 Å². The zero-order valence-corrected chi connectivity index (χ0v) is 11.7. The number of nitrogens with two attached hydrogens (primary N) is 1. The molecule has 0 bridgehead atoms. The van der Waals surface area contributed by atoms with Gasteiger partial charge in [0.25, 0.3) is 0 Å². The van der Waals surface area contributed by atoms with Crippen LogP contribution in [0.5, 0.6) is 5.75 Å². The number of hydrogen-bond acceptors (Lipinski definition) is 3. The summed E-state index contributed by atoms with van der Waals surface area (Å²) >= 11 is 0. The number of rotatable bonds is 4. The highest BCUT2D eigenvalue weighted by atomic mass is 19.4. The van der Waals surface area contributed by atoms with E-state index in [9.17, 15) is 18.3 Å². The van der Waals surface area contributed by atoms with Crippen molar-refractivity contribution in [2.75, 3.05) is 6.54 Å². The highest BCUT2D eigenvalue weighted by molar-refractivity contribution is 5.36. The van der Waals surface area contributed by atoms with Crippen LogP contribution in [0.25, 0.3) is 0 Å². The molecule has 3 nitrogen and oxygen atoms in total. The Labute approximate surface area is 121 Å². The van der Waals surface area contributed by atoms with Gasteiger partial charge in [-0.2, -0.15) is 0 Å². The molecule has 0 aromatic heterocycles. The first kappa shape index (κ1) is 16.1. The maximum absolute atomic E-state index is 12.5. The SMILES string of the molecule is NCC1(C(O)c2ccccc2OC(F)(F)F)CCCCC1. The maximum Gasteiger partial charge on any atom is 0.573 e. The van der Waals surface area contributed by atoms with Crippen molar-refractivity contribution in [3.05, 3.63) is 29.8 Å². The van der Waals surface area contributed by atoms with Crippen LogP contribution < -0.4 is 10.5 Å². The molecular weight excluding hydrogens is 283 g/mol. The topological polar surface area (TPSA) is 55.5 Å². The highest BCUT2D eigenvalue weighted by Gasteiger charge is 2.41. The number of benzene rings is 1. The quantitative estimate of drug-likeness (QED) is 0.894. The molecule has 0 amide bonds. The van der Waals surface area contributed by atoms with Gasteiger partial charge in [-0.05, 0) is 18.9 Å². The molecule has 0 radical (unpaired) electrons. The summed E-state index contributed by atoms with van der Waals surface area (Å²) in [6.07, 6.45) is -1.49. The van der Waals surface area contributed by atoms with E-state index < -0.39 is 17.9 Å². The minimum absolute atomic E-state index is 0.155. The molecule has 1 aliphatic carbocycles. The van der Waals surface area contributed by atoms with Crippen LogP contribution in [0.15, 0.2) is 24.3 Å². The average molecular weight is 303 g/mol. The Kier molecular flexibility index (Phi) is 4.78. The maximum atomic E-state index is 12.5. The third-order valence-electron chi connectivity index (χ3n) is 4.28. The molecule has 1 atom stereocenters. The molecule has 1 unspecified atom stereocenters. The predicted octanol–water partition coefficient (Wildman–Crippen LogP) is 3.53. The van der Waals surface area contributed by atoms with Gasteiger partial charge >= 0.3 is 6.36 Å². The summed E-state index contributed by atoms with van der Waals surface area (Å²) in [4.78, 5) is 0. The molecule has 1 saturated carbocycles. The van der Waals surface area contributed by atoms with Crippen molar-refractivity contribution in [1.29, 1.82) is 0 Å². The van der Waals surface area contributed by atoms with Gasteiger partial charge in [-0.1, -0.05) is 37.5 Å². The van der Waals surface area contributed by atoms with Gasteiger partial charge in [-0.25, -0.2) is 0 Å². The van der Waals surface area contributed by atoms with Crippen LogP contribution in [-0.2, 0) is 0 Å². The monoisotopic (exact) mass is 303 g/mol. The second-order valence-corrected chi connectivity index (χ2v) is 5.62. The van der Waals surface area contributed by atoms with E-state index >= 15 is 0 Å². The van der Waals surface area contributed by atoms with Gasteiger partial charge in [0.1, 0.15) is 5.75 Å². The van der Waals surface area contributed by atoms with Crippen molar-refractivity contribution in [2.45, 2.75) is 44.6 Å². The Bertz CT molecular complexity index is 470. The lowest BCUT2D eigenvalue weighted by atomic mass is 9.68. The fourth-order valence-corrected chi connectivity index (χ4v) is 3.10. The number of hydrogen-bond donors (Lipinski definition) is 2. The molecule has 1 aromatic rings. The Balaban J connectivity index is 2.31. The molecule has 0 heterocycles. The molecule has 21 heavy (non-hydrogen) atoms. The number of aliphatic hydroxyl groups is 1. The van der Waals surface area contributed by atoms with Crippen LogP contribution in [0.4, 0.5) is 13.2 Å². The number of alkyl halides is 3. The summed E-state index contributed by atoms with van der Waals surface area (Å²) in [6, 6.07) is 5.74. The molecule has 118 valence electrons. The van der Waals surface area contributed by atoms with Crippen LogP contribution in [0.2, 0.25) is 0 Å². The minimum Gasteiger partial charge on any atom is -0.405 e. The standard InChI is InChI=1S/C15H20F3NO2/c16-15(17,18)21-12-7-3-2-6-11(12)13(20)14(10-19)8-4-1-5-9-14/h2-3,6-7,13,20H,1,4-5,8-10,19H2. The Morgan fingerprint density at radius 1 is 1.19 bits per heavy atom. The van der Waals surface area contributed by atoms with Crippen molar-refractivity contribution in [3.8, 4) is 5.75 Å². The fourth-order valence-electron chi connectivity index (χ4n) is 3.10. The van der Waals surface area contributed by atoms with Gasteiger partial charge in [0.05, 0.1) is 6.10 Å². The van der Waals surface area contributed by atoms with E-state index in [-0.39, 0.29) is 17.9 Å². The Morgan fingerprint density at radius 3 is 2.38 bits per heavy atom. The Hall–Kier alpha value is -1.27. The molecule has 2 rings (SSSR count). The molecule has 6 heteroatoms. The second-order valence-electron chi connectivity index (χ2n) is 5.62. The van der Waals surface area contributed by atoms with Gasteiger partial charge in [0, 0.05) is 17.5 Å². The molecule has 3 N–H and O–H groups in total. The summed E-state index contributed by atoms with van der Waals surface area (Å²) < 4.78 is 41.5. The first-order valence-electron chi connectivity index (χ1n) is 7.11. The van der Waals surface area contributed by atoms with Crippen molar-refractivity contribution in [3.63, 3.8) is 0 Å². The smallest absolute Gasteiger partial charge is 0.405 e. The van der Waals surface area contributed by atoms with Crippen LogP contribution in [0, 0.1) is 5.41 Å². The molecule has 0 spiro atoms. The largest absolute Gasteiger partial charge is 0.573 e. The van der Waals surface area contributed by atoms with Crippen molar-refractivity contribution in [2.24, 2.45) is 11.1 Å². The molecule has 0 aliphatic heterocycles. The third-order valence-corrected chi connectivity index (χ3v) is 4.28. The summed E-state index contributed by atoms with van der Waals surface area (Å²) in [5, 5.41) is 10.6. The number of para-hydroxylation sites is 1. The van der Waals surface area contributed by atoms with Crippen molar-refractivity contribution < 1.29 is 23.0 Å². The average Bonchev–Trinajstić information content (AvgIpc) is 2.46. The van der Waals surface area contributed by atoms with Gasteiger partial charge < -0.3 is 15.6 Å². The minimum atomic E-state index is -4.78. The number of aliphatic hydroxyl groups excluding tert-OH is 1. The normalized spacial score (nSPS) is 20.0. The van der Waals surface area contributed by atoms with E-state index in [0.717, 1.165) is 19.3 Å². The fraction of sp³-hybridized carbons (Fsp3) is 0.600. The van der Waals surface area contributed by atoms with E-state index in [1.165, 1.54) is 18.2 Å². The first-order valence-corrected chi connectivity index (χ1v) is 7.11. The predicted molar refractivity (Wildman–Crippen MR) is 72.7 cm³/mol. The first-order chi connectivity index (χ1) is 9.88. The molecule has 1 aromatic carbocycles. The summed E-state index contributed by atoms with van der Waals surface area (Å²) in [6.45, 7) is 0.245. The lowest BCUT2D eigenvalue weighted by Gasteiger charge is -2.40. The van der Waals surface area contributed by atoms with Crippen LogP contribution in [0.3, 0.4) is 0 Å². The summed E-state index contributed by atoms with van der Waals surface area (Å²) in [7, 11) is 0.